The van der Waals surface area contributed by atoms with Gasteiger partial charge in [-0.05, 0) is 25.5 Å². The van der Waals surface area contributed by atoms with Crippen LogP contribution in [-0.2, 0) is 14.3 Å². The molecule has 1 aliphatic rings. The number of nitrogens with zero attached hydrogens (tertiary/aromatic N) is 1. The van der Waals surface area contributed by atoms with Gasteiger partial charge in [-0.1, -0.05) is 18.2 Å². The minimum absolute atomic E-state index is 0.0635. The van der Waals surface area contributed by atoms with Crippen molar-refractivity contribution in [2.45, 2.75) is 25.6 Å². The van der Waals surface area contributed by atoms with Crippen molar-refractivity contribution in [2.24, 2.45) is 0 Å². The Bertz CT molecular complexity index is 490. The molecule has 1 aliphatic heterocycles. The zero-order valence-corrected chi connectivity index (χ0v) is 11.2. The molecule has 2 rings (SSSR count). The van der Waals surface area contributed by atoms with Gasteiger partial charge in [-0.3, -0.25) is 4.79 Å². The van der Waals surface area contributed by atoms with Crippen LogP contribution in [0.1, 0.15) is 19.8 Å². The van der Waals surface area contributed by atoms with E-state index in [0.29, 0.717) is 18.7 Å². The Kier molecular flexibility index (Phi) is 4.24. The van der Waals surface area contributed by atoms with E-state index in [-0.39, 0.29) is 13.0 Å². The maximum Gasteiger partial charge on any atom is 0.511 e. The van der Waals surface area contributed by atoms with Crippen molar-refractivity contribution in [1.82, 2.24) is 0 Å². The first-order valence-electron chi connectivity index (χ1n) is 6.52. The molecular weight excluding hydrogens is 262 g/mol. The van der Waals surface area contributed by atoms with E-state index < -0.39 is 17.8 Å². The Morgan fingerprint density at radius 2 is 2.10 bits per heavy atom. The van der Waals surface area contributed by atoms with Gasteiger partial charge < -0.3 is 19.5 Å². The monoisotopic (exact) mass is 279 g/mol. The number of carbonyl (C=O) groups is 2. The van der Waals surface area contributed by atoms with Gasteiger partial charge in [0.1, 0.15) is 0 Å². The van der Waals surface area contributed by atoms with Crippen molar-refractivity contribution in [1.29, 1.82) is 0 Å². The van der Waals surface area contributed by atoms with Gasteiger partial charge in [0, 0.05) is 18.7 Å². The normalized spacial score (nSPS) is 22.5. The first-order chi connectivity index (χ1) is 9.57. The molecule has 6 heteroatoms. The first-order valence-corrected chi connectivity index (χ1v) is 6.52. The summed E-state index contributed by atoms with van der Waals surface area (Å²) >= 11 is 0. The molecular formula is C14H17NO5. The second-order valence-corrected chi connectivity index (χ2v) is 4.47. The number of rotatable bonds is 3. The summed E-state index contributed by atoms with van der Waals surface area (Å²) in [4.78, 5) is 25.1. The second kappa shape index (κ2) is 5.92. The number of carbonyl (C=O) groups excluding carboxylic acids is 2. The standard InChI is InChI=1S/C14H17NO5/c1-2-19-13(17)20-14(18)9-6-10-15(12(14)16)11-7-4-3-5-8-11/h3-5,7-8,18H,2,6,9-10H2,1H3. The zero-order chi connectivity index (χ0) is 14.6. The van der Waals surface area contributed by atoms with Crippen molar-refractivity contribution >= 4 is 17.7 Å². The van der Waals surface area contributed by atoms with Crippen LogP contribution in [0.15, 0.2) is 30.3 Å². The predicted molar refractivity (Wildman–Crippen MR) is 71.1 cm³/mol. The smallest absolute Gasteiger partial charge is 0.435 e. The molecule has 108 valence electrons. The first kappa shape index (κ1) is 14.3. The lowest BCUT2D eigenvalue weighted by Gasteiger charge is -2.36. The minimum Gasteiger partial charge on any atom is -0.435 e. The summed E-state index contributed by atoms with van der Waals surface area (Å²) in [6, 6.07) is 8.94. The third-order valence-corrected chi connectivity index (χ3v) is 3.06. The fourth-order valence-electron chi connectivity index (χ4n) is 2.13. The molecule has 1 amide bonds. The van der Waals surface area contributed by atoms with Gasteiger partial charge in [-0.15, -0.1) is 0 Å². The molecule has 0 bridgehead atoms. The summed E-state index contributed by atoms with van der Waals surface area (Å²) in [6.07, 6.45) is -0.455. The average molecular weight is 279 g/mol. The zero-order valence-electron chi connectivity index (χ0n) is 11.2. The molecule has 0 spiro atoms. The molecule has 0 radical (unpaired) electrons. The maximum absolute atomic E-state index is 12.3. The molecule has 0 aliphatic carbocycles. The minimum atomic E-state index is -2.15. The Labute approximate surface area is 116 Å². The quantitative estimate of drug-likeness (QED) is 0.673. The van der Waals surface area contributed by atoms with E-state index in [9.17, 15) is 14.7 Å². The number of aliphatic hydroxyl groups is 1. The summed E-state index contributed by atoms with van der Waals surface area (Å²) < 4.78 is 9.39. The highest BCUT2D eigenvalue weighted by molar-refractivity contribution is 5.99. The third-order valence-electron chi connectivity index (χ3n) is 3.06. The molecule has 1 heterocycles. The number of anilines is 1. The van der Waals surface area contributed by atoms with Gasteiger partial charge in [-0.2, -0.15) is 0 Å². The van der Waals surface area contributed by atoms with Crippen molar-refractivity contribution in [3.63, 3.8) is 0 Å². The number of benzene rings is 1. The molecule has 0 saturated carbocycles. The van der Waals surface area contributed by atoms with Gasteiger partial charge in [0.2, 0.25) is 0 Å². The number of para-hydroxylation sites is 1. The summed E-state index contributed by atoms with van der Waals surface area (Å²) in [5.74, 6) is -2.80. The number of amides is 1. The topological polar surface area (TPSA) is 76.1 Å². The van der Waals surface area contributed by atoms with Crippen LogP contribution < -0.4 is 4.90 Å². The molecule has 1 aromatic carbocycles. The highest BCUT2D eigenvalue weighted by atomic mass is 16.8. The van der Waals surface area contributed by atoms with Crippen LogP contribution in [0.5, 0.6) is 0 Å². The van der Waals surface area contributed by atoms with Gasteiger partial charge in [-0.25, -0.2) is 4.79 Å². The lowest BCUT2D eigenvalue weighted by molar-refractivity contribution is -0.195. The van der Waals surface area contributed by atoms with Crippen molar-refractivity contribution in [3.05, 3.63) is 30.3 Å². The van der Waals surface area contributed by atoms with E-state index in [4.69, 9.17) is 4.74 Å². The number of ether oxygens (including phenoxy) is 2. The van der Waals surface area contributed by atoms with Crippen LogP contribution in [0.3, 0.4) is 0 Å². The lowest BCUT2D eigenvalue weighted by Crippen LogP contribution is -2.56. The molecule has 1 saturated heterocycles. The van der Waals surface area contributed by atoms with Crippen LogP contribution in [0.4, 0.5) is 10.5 Å². The fraction of sp³-hybridized carbons (Fsp3) is 0.429. The summed E-state index contributed by atoms with van der Waals surface area (Å²) in [7, 11) is 0. The molecule has 1 fully saturated rings. The molecule has 1 N–H and O–H groups in total. The van der Waals surface area contributed by atoms with Gasteiger partial charge in [0.05, 0.1) is 6.61 Å². The van der Waals surface area contributed by atoms with Crippen LogP contribution >= 0.6 is 0 Å². The Balaban J connectivity index is 2.16. The van der Waals surface area contributed by atoms with Crippen LogP contribution in [0, 0.1) is 0 Å². The SMILES string of the molecule is CCOC(=O)OC1(O)CCCN(c2ccccc2)C1=O. The van der Waals surface area contributed by atoms with E-state index in [1.807, 2.05) is 6.07 Å². The van der Waals surface area contributed by atoms with Gasteiger partial charge in [0.15, 0.2) is 0 Å². The molecule has 0 aromatic heterocycles. The summed E-state index contributed by atoms with van der Waals surface area (Å²) in [6.45, 7) is 2.20. The fourth-order valence-corrected chi connectivity index (χ4v) is 2.13. The Morgan fingerprint density at radius 1 is 1.40 bits per heavy atom. The Hall–Kier alpha value is -2.08. The van der Waals surface area contributed by atoms with Crippen molar-refractivity contribution < 1.29 is 24.2 Å². The third kappa shape index (κ3) is 2.91. The maximum atomic E-state index is 12.3. The number of piperidine rings is 1. The molecule has 20 heavy (non-hydrogen) atoms. The van der Waals surface area contributed by atoms with E-state index in [0.717, 1.165) is 0 Å². The molecule has 1 atom stereocenters. The molecule has 1 unspecified atom stereocenters. The number of hydrogen-bond donors (Lipinski definition) is 1. The van der Waals surface area contributed by atoms with Crippen molar-refractivity contribution in [2.75, 3.05) is 18.1 Å². The Morgan fingerprint density at radius 3 is 2.75 bits per heavy atom. The van der Waals surface area contributed by atoms with E-state index in [1.165, 1.54) is 4.90 Å². The summed E-state index contributed by atoms with van der Waals surface area (Å²) in [5, 5.41) is 10.3. The highest BCUT2D eigenvalue weighted by Gasteiger charge is 2.47. The second-order valence-electron chi connectivity index (χ2n) is 4.47. The van der Waals surface area contributed by atoms with Crippen molar-refractivity contribution in [3.8, 4) is 0 Å². The van der Waals surface area contributed by atoms with Gasteiger partial charge >= 0.3 is 6.16 Å². The van der Waals surface area contributed by atoms with E-state index in [2.05, 4.69) is 4.74 Å². The number of hydrogen-bond acceptors (Lipinski definition) is 5. The van der Waals surface area contributed by atoms with E-state index in [1.54, 1.807) is 31.2 Å². The summed E-state index contributed by atoms with van der Waals surface area (Å²) in [5.41, 5.74) is 0.656. The van der Waals surface area contributed by atoms with Crippen LogP contribution in [0.2, 0.25) is 0 Å². The largest absolute Gasteiger partial charge is 0.511 e. The average Bonchev–Trinajstić information content (AvgIpc) is 2.43. The lowest BCUT2D eigenvalue weighted by atomic mass is 10.0. The van der Waals surface area contributed by atoms with Crippen LogP contribution in [0.25, 0.3) is 0 Å². The predicted octanol–water partition coefficient (Wildman–Crippen LogP) is 1.68. The molecule has 1 aromatic rings. The highest BCUT2D eigenvalue weighted by Crippen LogP contribution is 2.28. The van der Waals surface area contributed by atoms with Crippen LogP contribution in [-0.4, -0.2) is 36.1 Å². The van der Waals surface area contributed by atoms with Gasteiger partial charge in [0.25, 0.3) is 11.7 Å². The molecule has 6 nitrogen and oxygen atoms in total. The van der Waals surface area contributed by atoms with E-state index >= 15 is 0 Å².